The number of hydrogen-bond acceptors (Lipinski definition) is 9. The number of nitrogen functional groups attached to an aromatic ring is 1. The van der Waals surface area contributed by atoms with E-state index in [-0.39, 0.29) is 33.2 Å². The smallest absolute Gasteiger partial charge is 0.332 e. The lowest BCUT2D eigenvalue weighted by molar-refractivity contribution is 0.102. The molecule has 3 rings (SSSR count). The van der Waals surface area contributed by atoms with E-state index in [1.54, 1.807) is 0 Å². The van der Waals surface area contributed by atoms with Crippen LogP contribution in [-0.4, -0.2) is 39.8 Å². The Morgan fingerprint density at radius 1 is 0.879 bits per heavy atom. The normalized spacial score (nSPS) is 11.8. The van der Waals surface area contributed by atoms with E-state index in [9.17, 15) is 24.0 Å². The Morgan fingerprint density at radius 3 is 2.00 bits per heavy atom. The molecule has 13 heteroatoms. The zero-order chi connectivity index (χ0) is 25.0. The second kappa shape index (κ2) is 8.14. The van der Waals surface area contributed by atoms with E-state index in [4.69, 9.17) is 5.73 Å². The van der Waals surface area contributed by atoms with Crippen molar-refractivity contribution in [2.75, 3.05) is 11.5 Å². The summed E-state index contributed by atoms with van der Waals surface area (Å²) in [5.74, 6) is -0.764. The van der Waals surface area contributed by atoms with Crippen molar-refractivity contribution in [2.24, 2.45) is 28.2 Å². The number of rotatable bonds is 4. The van der Waals surface area contributed by atoms with Crippen LogP contribution in [0.4, 0.5) is 5.82 Å². The molecular formula is C20H25N7O5S. The summed E-state index contributed by atoms with van der Waals surface area (Å²) in [7, 11) is 5.46. The fourth-order valence-electron chi connectivity index (χ4n) is 3.20. The molecule has 3 heterocycles. The van der Waals surface area contributed by atoms with Crippen molar-refractivity contribution in [1.82, 2.24) is 28.2 Å². The monoisotopic (exact) mass is 475 g/mol. The molecule has 0 radical (unpaired) electrons. The van der Waals surface area contributed by atoms with Gasteiger partial charge in [-0.1, -0.05) is 32.5 Å². The minimum Gasteiger partial charge on any atom is -0.384 e. The van der Waals surface area contributed by atoms with E-state index in [0.29, 0.717) is 5.82 Å². The topological polar surface area (TPSA) is 157 Å². The number of Topliss-reactive ketones (excluding diaryl/α,β-unsaturated/α-hetero) is 1. The third kappa shape index (κ3) is 3.92. The van der Waals surface area contributed by atoms with Gasteiger partial charge in [0, 0.05) is 33.6 Å². The zero-order valence-corrected chi connectivity index (χ0v) is 20.2. The van der Waals surface area contributed by atoms with Crippen molar-refractivity contribution in [1.29, 1.82) is 0 Å². The lowest BCUT2D eigenvalue weighted by atomic mass is 9.96. The molecule has 0 fully saturated rings. The highest BCUT2D eigenvalue weighted by Crippen LogP contribution is 2.27. The van der Waals surface area contributed by atoms with Gasteiger partial charge in [0.15, 0.2) is 11.4 Å². The van der Waals surface area contributed by atoms with Gasteiger partial charge in [-0.25, -0.2) is 19.6 Å². The number of fused-ring (bicyclic) bond motifs is 1. The van der Waals surface area contributed by atoms with E-state index in [1.165, 1.54) is 32.8 Å². The van der Waals surface area contributed by atoms with Crippen molar-refractivity contribution >= 4 is 34.4 Å². The Morgan fingerprint density at radius 2 is 1.42 bits per heavy atom. The standard InChI is InChI=1S/C20H25N7O5S/c1-20(2,3)17-22-13-11(16(30)27(7)19(32)25(13)5)14(23-17)33-8-9(28)10-12(21)24(4)18(31)26(6)15(10)29/h8,21H2,1-7H3. The maximum absolute atomic E-state index is 13.0. The third-order valence-electron chi connectivity index (χ3n) is 5.27. The van der Waals surface area contributed by atoms with Gasteiger partial charge in [-0.3, -0.25) is 32.7 Å². The fourth-order valence-corrected chi connectivity index (χ4v) is 4.08. The van der Waals surface area contributed by atoms with Crippen LogP contribution in [0.1, 0.15) is 37.0 Å². The summed E-state index contributed by atoms with van der Waals surface area (Å²) in [6.45, 7) is 5.63. The number of nitrogens with two attached hydrogens (primary N) is 1. The molecule has 12 nitrogen and oxygen atoms in total. The number of carbonyl (C=O) groups is 1. The van der Waals surface area contributed by atoms with Crippen molar-refractivity contribution in [3.05, 3.63) is 53.1 Å². The molecule has 0 unspecified atom stereocenters. The van der Waals surface area contributed by atoms with Gasteiger partial charge in [0.25, 0.3) is 11.1 Å². The third-order valence-corrected chi connectivity index (χ3v) is 6.24. The van der Waals surface area contributed by atoms with E-state index in [1.807, 2.05) is 20.8 Å². The molecule has 0 amide bonds. The Bertz CT molecular complexity index is 1550. The Hall–Kier alpha value is -3.48. The van der Waals surface area contributed by atoms with Crippen LogP contribution in [0.3, 0.4) is 0 Å². The summed E-state index contributed by atoms with van der Waals surface area (Å²) >= 11 is 0.933. The molecule has 0 saturated heterocycles. The number of thioether (sulfide) groups is 1. The van der Waals surface area contributed by atoms with Gasteiger partial charge in [-0.05, 0) is 0 Å². The molecule has 0 spiro atoms. The molecule has 2 N–H and O–H groups in total. The summed E-state index contributed by atoms with van der Waals surface area (Å²) in [5.41, 5.74) is 2.61. The highest BCUT2D eigenvalue weighted by atomic mass is 32.2. The predicted octanol–water partition coefficient (Wildman–Crippen LogP) is -0.721. The average molecular weight is 476 g/mol. The molecule has 0 saturated carbocycles. The van der Waals surface area contributed by atoms with Crippen molar-refractivity contribution in [3.8, 4) is 0 Å². The number of anilines is 1. The van der Waals surface area contributed by atoms with Crippen LogP contribution >= 0.6 is 11.8 Å². The zero-order valence-electron chi connectivity index (χ0n) is 19.4. The fraction of sp³-hybridized carbons (Fsp3) is 0.450. The first kappa shape index (κ1) is 24.2. The molecule has 3 aromatic rings. The molecular weight excluding hydrogens is 450 g/mol. The summed E-state index contributed by atoms with van der Waals surface area (Å²) in [6.07, 6.45) is 0. The molecule has 0 aromatic carbocycles. The SMILES string of the molecule is Cn1c(N)c(C(=O)CSc2nc(C(C)(C)C)nc3c2c(=O)n(C)c(=O)n3C)c(=O)n(C)c1=O. The van der Waals surface area contributed by atoms with Crippen LogP contribution < -0.4 is 28.2 Å². The Labute approximate surface area is 191 Å². The van der Waals surface area contributed by atoms with Crippen LogP contribution in [0.2, 0.25) is 0 Å². The second-order valence-electron chi connectivity index (χ2n) is 8.68. The highest BCUT2D eigenvalue weighted by Gasteiger charge is 2.25. The molecule has 0 aliphatic heterocycles. The molecule has 176 valence electrons. The van der Waals surface area contributed by atoms with Gasteiger partial charge < -0.3 is 5.73 Å². The molecule has 0 bridgehead atoms. The number of hydrogen-bond donors (Lipinski definition) is 1. The summed E-state index contributed by atoms with van der Waals surface area (Å²) in [6, 6.07) is 0. The van der Waals surface area contributed by atoms with Gasteiger partial charge >= 0.3 is 11.4 Å². The quantitative estimate of drug-likeness (QED) is 0.292. The maximum Gasteiger partial charge on any atom is 0.332 e. The minimum atomic E-state index is -0.803. The van der Waals surface area contributed by atoms with E-state index >= 15 is 0 Å². The van der Waals surface area contributed by atoms with Crippen LogP contribution in [0.5, 0.6) is 0 Å². The highest BCUT2D eigenvalue weighted by molar-refractivity contribution is 8.00. The van der Waals surface area contributed by atoms with Gasteiger partial charge in [0.05, 0.1) is 5.75 Å². The first-order chi connectivity index (χ1) is 15.2. The van der Waals surface area contributed by atoms with Gasteiger partial charge in [-0.15, -0.1) is 0 Å². The molecule has 3 aromatic heterocycles. The Balaban J connectivity index is 2.19. The van der Waals surface area contributed by atoms with E-state index in [0.717, 1.165) is 25.5 Å². The summed E-state index contributed by atoms with van der Waals surface area (Å²) < 4.78 is 4.01. The van der Waals surface area contributed by atoms with Gasteiger partial charge in [0.1, 0.15) is 27.6 Å². The van der Waals surface area contributed by atoms with Crippen molar-refractivity contribution < 1.29 is 4.79 Å². The van der Waals surface area contributed by atoms with Crippen LogP contribution in [0.25, 0.3) is 11.0 Å². The van der Waals surface area contributed by atoms with Crippen LogP contribution in [0, 0.1) is 0 Å². The predicted molar refractivity (Wildman–Crippen MR) is 125 cm³/mol. The number of aromatic nitrogens is 6. The lowest BCUT2D eigenvalue weighted by Gasteiger charge is -2.19. The number of nitrogens with zero attached hydrogens (tertiary/aromatic N) is 6. The lowest BCUT2D eigenvalue weighted by Crippen LogP contribution is -2.41. The average Bonchev–Trinajstić information content (AvgIpc) is 2.76. The van der Waals surface area contributed by atoms with Gasteiger partial charge in [0.2, 0.25) is 0 Å². The van der Waals surface area contributed by atoms with E-state index < -0.39 is 33.7 Å². The van der Waals surface area contributed by atoms with E-state index in [2.05, 4.69) is 9.97 Å². The van der Waals surface area contributed by atoms with Crippen LogP contribution in [-0.2, 0) is 33.6 Å². The number of ketones is 1. The molecule has 33 heavy (non-hydrogen) atoms. The maximum atomic E-state index is 13.0. The van der Waals surface area contributed by atoms with Gasteiger partial charge in [-0.2, -0.15) is 0 Å². The number of aryl methyl sites for hydroxylation is 1. The largest absolute Gasteiger partial charge is 0.384 e. The summed E-state index contributed by atoms with van der Waals surface area (Å²) in [4.78, 5) is 71.8. The minimum absolute atomic E-state index is 0.0896. The van der Waals surface area contributed by atoms with Crippen molar-refractivity contribution in [3.63, 3.8) is 0 Å². The first-order valence-electron chi connectivity index (χ1n) is 9.88. The first-order valence-corrected chi connectivity index (χ1v) is 10.9. The molecule has 0 aliphatic rings. The Kier molecular flexibility index (Phi) is 5.96. The number of carbonyl (C=O) groups excluding carboxylic acids is 1. The summed E-state index contributed by atoms with van der Waals surface area (Å²) in [5, 5.41) is 0.293. The second-order valence-corrected chi connectivity index (χ2v) is 9.65. The molecule has 0 aliphatic carbocycles. The molecule has 0 atom stereocenters. The van der Waals surface area contributed by atoms with Crippen LogP contribution in [0.15, 0.2) is 24.2 Å². The van der Waals surface area contributed by atoms with Crippen molar-refractivity contribution in [2.45, 2.75) is 31.2 Å².